The molecule has 0 bridgehead atoms. The molecular formula is C10H10Ba. The number of benzene rings is 2. The van der Waals surface area contributed by atoms with Gasteiger partial charge >= 0.3 is 48.9 Å². The molecule has 0 aliphatic carbocycles. The minimum Gasteiger partial charge on any atom is -0.0616 e. The fourth-order valence-corrected chi connectivity index (χ4v) is 1.13. The molecule has 52 valence electrons. The van der Waals surface area contributed by atoms with Crippen LogP contribution in [0.1, 0.15) is 0 Å². The quantitative estimate of drug-likeness (QED) is 0.640. The molecule has 0 aromatic heterocycles. The number of hydrogen-bond acceptors (Lipinski definition) is 0. The van der Waals surface area contributed by atoms with Crippen LogP contribution in [-0.4, -0.2) is 48.9 Å². The minimum atomic E-state index is 0. The van der Waals surface area contributed by atoms with E-state index in [0.29, 0.717) is 0 Å². The molecule has 2 rings (SSSR count). The van der Waals surface area contributed by atoms with Crippen LogP contribution in [0.2, 0.25) is 0 Å². The minimum absolute atomic E-state index is 0. The average Bonchev–Trinajstić information content (AvgIpc) is 2.05. The van der Waals surface area contributed by atoms with Crippen molar-refractivity contribution in [1.29, 1.82) is 0 Å². The Labute approximate surface area is 107 Å². The molecule has 0 N–H and O–H groups in total. The Balaban J connectivity index is 0.000000605. The third-order valence-electron chi connectivity index (χ3n) is 1.66. The molecule has 0 saturated carbocycles. The third-order valence-corrected chi connectivity index (χ3v) is 1.66. The summed E-state index contributed by atoms with van der Waals surface area (Å²) in [6, 6.07) is 16.7. The van der Waals surface area contributed by atoms with Gasteiger partial charge < -0.3 is 0 Å². The summed E-state index contributed by atoms with van der Waals surface area (Å²) in [6.45, 7) is 0. The van der Waals surface area contributed by atoms with Gasteiger partial charge in [-0.25, -0.2) is 0 Å². The van der Waals surface area contributed by atoms with E-state index >= 15 is 0 Å². The van der Waals surface area contributed by atoms with Gasteiger partial charge in [0.25, 0.3) is 0 Å². The molecule has 0 saturated heterocycles. The van der Waals surface area contributed by atoms with E-state index in [1.54, 1.807) is 0 Å². The van der Waals surface area contributed by atoms with Gasteiger partial charge in [-0.15, -0.1) is 0 Å². The van der Waals surface area contributed by atoms with Crippen molar-refractivity contribution in [3.05, 3.63) is 48.5 Å². The first-order valence-corrected chi connectivity index (χ1v) is 3.40. The smallest absolute Gasteiger partial charge is 0.0184 e. The van der Waals surface area contributed by atoms with Gasteiger partial charge in [-0.2, -0.15) is 0 Å². The van der Waals surface area contributed by atoms with Crippen LogP contribution in [-0.2, 0) is 0 Å². The molecule has 1 heteroatoms. The normalized spacial score (nSPS) is 9.09. The standard InChI is InChI=1S/C10H8.Ba.2H/c1-2-6-10-8-4-3-7-9(10)5-1;;;/h1-8H;;;. The van der Waals surface area contributed by atoms with Crippen LogP contribution in [0.5, 0.6) is 0 Å². The van der Waals surface area contributed by atoms with Crippen molar-refractivity contribution in [3.8, 4) is 0 Å². The van der Waals surface area contributed by atoms with Crippen LogP contribution >= 0.6 is 0 Å². The summed E-state index contributed by atoms with van der Waals surface area (Å²) < 4.78 is 0. The number of hydrogen-bond donors (Lipinski definition) is 0. The van der Waals surface area contributed by atoms with E-state index < -0.39 is 0 Å². The number of rotatable bonds is 0. The summed E-state index contributed by atoms with van der Waals surface area (Å²) in [4.78, 5) is 0. The molecule has 0 atom stereocenters. The van der Waals surface area contributed by atoms with E-state index in [2.05, 4.69) is 48.5 Å². The predicted molar refractivity (Wildman–Crippen MR) is 52.5 cm³/mol. The molecule has 0 nitrogen and oxygen atoms in total. The van der Waals surface area contributed by atoms with Crippen molar-refractivity contribution >= 4 is 59.7 Å². The SMILES string of the molecule is [BaH2].c1ccc2ccccc2c1. The Morgan fingerprint density at radius 2 is 0.818 bits per heavy atom. The molecule has 0 radical (unpaired) electrons. The van der Waals surface area contributed by atoms with Gasteiger partial charge in [-0.1, -0.05) is 48.5 Å². The first-order valence-electron chi connectivity index (χ1n) is 3.40. The summed E-state index contributed by atoms with van der Waals surface area (Å²) in [5, 5.41) is 2.62. The molecule has 0 spiro atoms. The topological polar surface area (TPSA) is 0 Å². The van der Waals surface area contributed by atoms with Crippen LogP contribution in [0.15, 0.2) is 48.5 Å². The Hall–Kier alpha value is 0.271. The summed E-state index contributed by atoms with van der Waals surface area (Å²) in [7, 11) is 0. The van der Waals surface area contributed by atoms with Gasteiger partial charge in [0.1, 0.15) is 0 Å². The molecule has 0 aliphatic heterocycles. The van der Waals surface area contributed by atoms with E-state index in [0.717, 1.165) is 0 Å². The van der Waals surface area contributed by atoms with Gasteiger partial charge in [0.05, 0.1) is 0 Å². The maximum Gasteiger partial charge on any atom is -0.0184 e. The molecule has 0 aliphatic rings. The van der Waals surface area contributed by atoms with Gasteiger partial charge in [0.15, 0.2) is 0 Å². The van der Waals surface area contributed by atoms with E-state index in [1.165, 1.54) is 10.8 Å². The third kappa shape index (κ3) is 2.10. The Bertz CT molecular complexity index is 276. The maximum atomic E-state index is 2.12. The monoisotopic (exact) mass is 268 g/mol. The molecule has 0 fully saturated rings. The summed E-state index contributed by atoms with van der Waals surface area (Å²) in [5.74, 6) is 0. The zero-order valence-corrected chi connectivity index (χ0v) is 5.62. The Morgan fingerprint density at radius 1 is 0.545 bits per heavy atom. The average molecular weight is 268 g/mol. The fraction of sp³-hybridized carbons (Fsp3) is 0. The zero-order chi connectivity index (χ0) is 6.81. The van der Waals surface area contributed by atoms with Crippen molar-refractivity contribution in [1.82, 2.24) is 0 Å². The van der Waals surface area contributed by atoms with Gasteiger partial charge in [-0.3, -0.25) is 0 Å². The fourth-order valence-electron chi connectivity index (χ4n) is 1.13. The Morgan fingerprint density at radius 3 is 1.09 bits per heavy atom. The molecule has 0 amide bonds. The van der Waals surface area contributed by atoms with Crippen molar-refractivity contribution in [2.24, 2.45) is 0 Å². The van der Waals surface area contributed by atoms with Crippen molar-refractivity contribution in [3.63, 3.8) is 0 Å². The summed E-state index contributed by atoms with van der Waals surface area (Å²) in [6.07, 6.45) is 0. The van der Waals surface area contributed by atoms with E-state index in [4.69, 9.17) is 0 Å². The predicted octanol–water partition coefficient (Wildman–Crippen LogP) is 1.92. The zero-order valence-electron chi connectivity index (χ0n) is 5.62. The van der Waals surface area contributed by atoms with Crippen molar-refractivity contribution in [2.75, 3.05) is 0 Å². The van der Waals surface area contributed by atoms with Crippen LogP contribution in [0.3, 0.4) is 0 Å². The van der Waals surface area contributed by atoms with Gasteiger partial charge in [-0.05, 0) is 10.8 Å². The largest absolute Gasteiger partial charge is 0.0616 e. The van der Waals surface area contributed by atoms with E-state index in [-0.39, 0.29) is 48.9 Å². The first kappa shape index (κ1) is 9.36. The molecule has 0 heterocycles. The molecule has 11 heavy (non-hydrogen) atoms. The Kier molecular flexibility index (Phi) is 3.69. The van der Waals surface area contributed by atoms with E-state index in [9.17, 15) is 0 Å². The van der Waals surface area contributed by atoms with E-state index in [1.807, 2.05) is 0 Å². The molecule has 0 unspecified atom stereocenters. The van der Waals surface area contributed by atoms with Crippen LogP contribution in [0.4, 0.5) is 0 Å². The second kappa shape index (κ2) is 4.34. The molecule has 2 aromatic rings. The second-order valence-corrected chi connectivity index (χ2v) is 2.35. The van der Waals surface area contributed by atoms with Crippen LogP contribution in [0.25, 0.3) is 10.8 Å². The number of fused-ring (bicyclic) bond motifs is 1. The van der Waals surface area contributed by atoms with Gasteiger partial charge in [0, 0.05) is 0 Å². The molecule has 2 aromatic carbocycles. The summed E-state index contributed by atoms with van der Waals surface area (Å²) >= 11 is 0. The summed E-state index contributed by atoms with van der Waals surface area (Å²) in [5.41, 5.74) is 0. The second-order valence-electron chi connectivity index (χ2n) is 2.35. The molecular weight excluding hydrogens is 257 g/mol. The van der Waals surface area contributed by atoms with Crippen LogP contribution < -0.4 is 0 Å². The van der Waals surface area contributed by atoms with Crippen molar-refractivity contribution in [2.45, 2.75) is 0 Å². The van der Waals surface area contributed by atoms with Gasteiger partial charge in [0.2, 0.25) is 0 Å². The first-order chi connectivity index (χ1) is 4.97. The van der Waals surface area contributed by atoms with Crippen LogP contribution in [0, 0.1) is 0 Å². The van der Waals surface area contributed by atoms with Crippen molar-refractivity contribution < 1.29 is 0 Å². The maximum absolute atomic E-state index is 2.12.